The highest BCUT2D eigenvalue weighted by atomic mass is 16.1. The second kappa shape index (κ2) is 8.57. The van der Waals surface area contributed by atoms with Crippen LogP contribution in [0, 0.1) is 0 Å². The van der Waals surface area contributed by atoms with E-state index in [1.54, 1.807) is 0 Å². The van der Waals surface area contributed by atoms with Gasteiger partial charge in [-0.3, -0.25) is 4.79 Å². The summed E-state index contributed by atoms with van der Waals surface area (Å²) in [7, 11) is 0. The Morgan fingerprint density at radius 3 is 1.86 bits per heavy atom. The molecule has 1 aromatic carbocycles. The molecule has 3 N–H and O–H groups in total. The molecule has 8 bridgehead atoms. The number of nitrogens with one attached hydrogen (secondary N) is 3. The molecule has 6 nitrogen and oxygen atoms in total. The predicted molar refractivity (Wildman–Crippen MR) is 143 cm³/mol. The van der Waals surface area contributed by atoms with Crippen LogP contribution in [-0.4, -0.2) is 25.8 Å². The zero-order valence-electron chi connectivity index (χ0n) is 19.2. The monoisotopic (exact) mass is 457 g/mol. The van der Waals surface area contributed by atoms with Crippen LogP contribution in [0.15, 0.2) is 66.7 Å². The van der Waals surface area contributed by atoms with Crippen molar-refractivity contribution < 1.29 is 4.79 Å². The number of H-pyrrole nitrogens is 2. The van der Waals surface area contributed by atoms with Gasteiger partial charge in [-0.15, -0.1) is 0 Å². The molecule has 2 aliphatic heterocycles. The van der Waals surface area contributed by atoms with E-state index in [-0.39, 0.29) is 5.91 Å². The molecule has 0 spiro atoms. The van der Waals surface area contributed by atoms with E-state index in [9.17, 15) is 4.79 Å². The number of carbonyl (C=O) groups excluding carboxylic acids is 1. The minimum Gasteiger partial charge on any atom is -0.355 e. The Kier molecular flexibility index (Phi) is 5.11. The minimum atomic E-state index is -0.0397. The number of fused-ring (bicyclic) bond motifs is 8. The number of anilines is 1. The van der Waals surface area contributed by atoms with Gasteiger partial charge in [0.1, 0.15) is 0 Å². The van der Waals surface area contributed by atoms with Gasteiger partial charge in [-0.25, -0.2) is 9.97 Å². The summed E-state index contributed by atoms with van der Waals surface area (Å²) in [5, 5.41) is 3.03. The molecule has 6 heteroatoms. The van der Waals surface area contributed by atoms with Crippen molar-refractivity contribution in [2.75, 3.05) is 5.32 Å². The SMILES string of the molecule is CCC(=O)Nc1ccccc1-c1c2nc(cc3ccc(cc4ccc(cc5nc1C=C5)[nH]4)[nH]3)C=C2. The molecule has 1 amide bonds. The summed E-state index contributed by atoms with van der Waals surface area (Å²) in [6.45, 7) is 1.84. The largest absolute Gasteiger partial charge is 0.355 e. The summed E-state index contributed by atoms with van der Waals surface area (Å²) < 4.78 is 0. The lowest BCUT2D eigenvalue weighted by Crippen LogP contribution is -2.10. The number of carbonyl (C=O) groups is 1. The Morgan fingerprint density at radius 1 is 0.743 bits per heavy atom. The average Bonchev–Trinajstić information content (AvgIpc) is 3.66. The molecule has 6 rings (SSSR count). The smallest absolute Gasteiger partial charge is 0.224 e. The summed E-state index contributed by atoms with van der Waals surface area (Å²) in [5.74, 6) is -0.0397. The number of para-hydroxylation sites is 1. The minimum absolute atomic E-state index is 0.0397. The fourth-order valence-corrected chi connectivity index (χ4v) is 4.33. The number of aromatic amines is 2. The van der Waals surface area contributed by atoms with Crippen molar-refractivity contribution in [1.82, 2.24) is 19.9 Å². The van der Waals surface area contributed by atoms with Crippen LogP contribution in [-0.2, 0) is 4.79 Å². The van der Waals surface area contributed by atoms with E-state index in [1.807, 2.05) is 91.9 Å². The molecule has 0 atom stereocenters. The highest BCUT2D eigenvalue weighted by Crippen LogP contribution is 2.35. The molecule has 0 radical (unpaired) electrons. The number of hydrogen-bond acceptors (Lipinski definition) is 3. The van der Waals surface area contributed by atoms with Crippen molar-refractivity contribution in [3.05, 3.63) is 89.5 Å². The molecule has 170 valence electrons. The first-order valence-corrected chi connectivity index (χ1v) is 11.6. The molecule has 0 fully saturated rings. The van der Waals surface area contributed by atoms with Crippen molar-refractivity contribution >= 4 is 58.0 Å². The Labute approximate surface area is 202 Å². The number of nitrogens with zero attached hydrogens (tertiary/aromatic N) is 2. The molecule has 0 saturated carbocycles. The van der Waals surface area contributed by atoms with Crippen molar-refractivity contribution in [2.24, 2.45) is 0 Å². The Hall–Kier alpha value is -4.71. The predicted octanol–water partition coefficient (Wildman–Crippen LogP) is 6.67. The summed E-state index contributed by atoms with van der Waals surface area (Å²) in [5.41, 5.74) is 9.72. The van der Waals surface area contributed by atoms with Gasteiger partial charge < -0.3 is 15.3 Å². The maximum Gasteiger partial charge on any atom is 0.224 e. The second-order valence-corrected chi connectivity index (χ2v) is 8.50. The Morgan fingerprint density at radius 2 is 1.29 bits per heavy atom. The quantitative estimate of drug-likeness (QED) is 0.277. The standard InChI is InChI=1S/C29H23N5O/c1-2-28(35)34-25-6-4-3-5-24(25)29-26-13-11-22(32-26)16-20-9-7-18(30-20)15-19-8-10-21(31-19)17-23-12-14-27(29)33-23/h3-17,30-31H,2H2,1H3,(H,34,35). The molecule has 0 unspecified atom stereocenters. The lowest BCUT2D eigenvalue weighted by molar-refractivity contribution is -0.115. The number of amides is 1. The van der Waals surface area contributed by atoms with E-state index >= 15 is 0 Å². The van der Waals surface area contributed by atoms with Crippen molar-refractivity contribution in [1.29, 1.82) is 0 Å². The molecular formula is C29H23N5O. The van der Waals surface area contributed by atoms with Crippen LogP contribution in [0.25, 0.3) is 57.5 Å². The van der Waals surface area contributed by atoms with Crippen LogP contribution in [0.3, 0.4) is 0 Å². The van der Waals surface area contributed by atoms with Gasteiger partial charge in [-0.05, 0) is 72.8 Å². The number of hydrogen-bond donors (Lipinski definition) is 3. The van der Waals surface area contributed by atoms with E-state index in [0.717, 1.165) is 61.7 Å². The summed E-state index contributed by atoms with van der Waals surface area (Å²) in [4.78, 5) is 29.0. The maximum atomic E-state index is 12.3. The van der Waals surface area contributed by atoms with Gasteiger partial charge in [-0.1, -0.05) is 25.1 Å². The lowest BCUT2D eigenvalue weighted by atomic mass is 10.00. The Bertz CT molecular complexity index is 1590. The lowest BCUT2D eigenvalue weighted by Gasteiger charge is -2.12. The fourth-order valence-electron chi connectivity index (χ4n) is 4.33. The van der Waals surface area contributed by atoms with Crippen molar-refractivity contribution in [2.45, 2.75) is 13.3 Å². The number of benzene rings is 1. The van der Waals surface area contributed by atoms with Crippen LogP contribution in [0.1, 0.15) is 36.1 Å². The second-order valence-electron chi connectivity index (χ2n) is 8.50. The molecular weight excluding hydrogens is 434 g/mol. The first-order valence-electron chi connectivity index (χ1n) is 11.6. The van der Waals surface area contributed by atoms with Gasteiger partial charge in [0.25, 0.3) is 0 Å². The van der Waals surface area contributed by atoms with Crippen molar-refractivity contribution in [3.63, 3.8) is 0 Å². The first-order chi connectivity index (χ1) is 17.1. The molecule has 0 aliphatic carbocycles. The van der Waals surface area contributed by atoms with E-state index in [2.05, 4.69) is 21.4 Å². The van der Waals surface area contributed by atoms with Gasteiger partial charge in [0.15, 0.2) is 0 Å². The van der Waals surface area contributed by atoms with Crippen molar-refractivity contribution in [3.8, 4) is 11.1 Å². The first kappa shape index (κ1) is 20.9. The fraction of sp³-hybridized carbons (Fsp3) is 0.0690. The van der Waals surface area contributed by atoms with Crippen LogP contribution < -0.4 is 5.32 Å². The van der Waals surface area contributed by atoms with E-state index < -0.39 is 0 Å². The topological polar surface area (TPSA) is 86.5 Å². The zero-order chi connectivity index (χ0) is 23.8. The van der Waals surface area contributed by atoms with E-state index in [4.69, 9.17) is 9.97 Å². The van der Waals surface area contributed by atoms with Crippen LogP contribution in [0.4, 0.5) is 5.69 Å². The van der Waals surface area contributed by atoms with Gasteiger partial charge in [-0.2, -0.15) is 0 Å². The summed E-state index contributed by atoms with van der Waals surface area (Å²) >= 11 is 0. The third kappa shape index (κ3) is 4.17. The van der Waals surface area contributed by atoms with E-state index in [1.165, 1.54) is 0 Å². The molecule has 4 aromatic rings. The highest BCUT2D eigenvalue weighted by Gasteiger charge is 2.17. The molecule has 0 saturated heterocycles. The normalized spacial score (nSPS) is 12.1. The van der Waals surface area contributed by atoms with Crippen LogP contribution in [0.5, 0.6) is 0 Å². The van der Waals surface area contributed by atoms with Crippen LogP contribution >= 0.6 is 0 Å². The van der Waals surface area contributed by atoms with Gasteiger partial charge >= 0.3 is 0 Å². The van der Waals surface area contributed by atoms with Gasteiger partial charge in [0, 0.05) is 45.3 Å². The third-order valence-electron chi connectivity index (χ3n) is 6.01. The maximum absolute atomic E-state index is 12.3. The summed E-state index contributed by atoms with van der Waals surface area (Å²) in [6.07, 6.45) is 8.40. The summed E-state index contributed by atoms with van der Waals surface area (Å²) in [6, 6.07) is 22.1. The zero-order valence-corrected chi connectivity index (χ0v) is 19.2. The number of aromatic nitrogens is 4. The molecule has 5 heterocycles. The third-order valence-corrected chi connectivity index (χ3v) is 6.01. The molecule has 2 aliphatic rings. The van der Waals surface area contributed by atoms with Crippen LogP contribution in [0.2, 0.25) is 0 Å². The van der Waals surface area contributed by atoms with Gasteiger partial charge in [0.05, 0.1) is 22.8 Å². The highest BCUT2D eigenvalue weighted by molar-refractivity contribution is 5.99. The molecule has 3 aromatic heterocycles. The average molecular weight is 458 g/mol. The number of rotatable bonds is 3. The van der Waals surface area contributed by atoms with Gasteiger partial charge in [0.2, 0.25) is 5.91 Å². The Balaban J connectivity index is 1.68. The molecule has 35 heavy (non-hydrogen) atoms. The van der Waals surface area contributed by atoms with E-state index in [0.29, 0.717) is 6.42 Å².